The van der Waals surface area contributed by atoms with Gasteiger partial charge in [0, 0.05) is 11.9 Å². The maximum Gasteiger partial charge on any atom is 0.270 e. The number of pyridine rings is 2. The molecular weight excluding hydrogens is 343 g/mol. The van der Waals surface area contributed by atoms with Crippen LogP contribution in [0.3, 0.4) is 0 Å². The molecule has 0 atom stereocenters. The van der Waals surface area contributed by atoms with Crippen LogP contribution in [0.4, 0.5) is 15.8 Å². The van der Waals surface area contributed by atoms with Gasteiger partial charge >= 0.3 is 0 Å². The van der Waals surface area contributed by atoms with E-state index in [1.54, 1.807) is 24.4 Å². The van der Waals surface area contributed by atoms with E-state index in [2.05, 4.69) is 20.6 Å². The van der Waals surface area contributed by atoms with Crippen LogP contribution in [0.2, 0.25) is 5.02 Å². The van der Waals surface area contributed by atoms with Crippen LogP contribution in [0.1, 0.15) is 16.2 Å². The fourth-order valence-corrected chi connectivity index (χ4v) is 2.29. The summed E-state index contributed by atoms with van der Waals surface area (Å²) in [6.07, 6.45) is 3.19. The predicted molar refractivity (Wildman–Crippen MR) is 94.3 cm³/mol. The molecule has 126 valence electrons. The summed E-state index contributed by atoms with van der Waals surface area (Å²) < 4.78 is 13.2. The van der Waals surface area contributed by atoms with Gasteiger partial charge in [-0.15, -0.1) is 0 Å². The zero-order valence-corrected chi connectivity index (χ0v) is 13.8. The SMILES string of the molecule is O=C(NCc1ccccn1)c1ccc(Nc2ccc(F)c(Cl)c2)cn1. The summed E-state index contributed by atoms with van der Waals surface area (Å²) >= 11 is 5.74. The van der Waals surface area contributed by atoms with Crippen molar-refractivity contribution in [3.05, 3.63) is 83.2 Å². The molecule has 0 aliphatic carbocycles. The predicted octanol–water partition coefficient (Wildman–Crippen LogP) is 3.94. The van der Waals surface area contributed by atoms with E-state index in [0.29, 0.717) is 23.6 Å². The number of carbonyl (C=O) groups is 1. The maximum absolute atomic E-state index is 13.2. The lowest BCUT2D eigenvalue weighted by molar-refractivity contribution is 0.0945. The van der Waals surface area contributed by atoms with Crippen molar-refractivity contribution in [1.82, 2.24) is 15.3 Å². The normalized spacial score (nSPS) is 10.3. The summed E-state index contributed by atoms with van der Waals surface area (Å²) in [5.74, 6) is -0.771. The van der Waals surface area contributed by atoms with Crippen molar-refractivity contribution in [1.29, 1.82) is 0 Å². The fourth-order valence-electron chi connectivity index (χ4n) is 2.11. The van der Waals surface area contributed by atoms with E-state index < -0.39 is 5.82 Å². The minimum Gasteiger partial charge on any atom is -0.354 e. The van der Waals surface area contributed by atoms with Crippen LogP contribution in [0.5, 0.6) is 0 Å². The summed E-state index contributed by atoms with van der Waals surface area (Å²) in [6.45, 7) is 0.329. The first-order chi connectivity index (χ1) is 12.1. The molecule has 2 aromatic heterocycles. The summed E-state index contributed by atoms with van der Waals surface area (Å²) in [5, 5.41) is 5.83. The molecule has 0 fully saturated rings. The molecule has 5 nitrogen and oxygen atoms in total. The minimum atomic E-state index is -0.481. The highest BCUT2D eigenvalue weighted by atomic mass is 35.5. The number of hydrogen-bond donors (Lipinski definition) is 2. The van der Waals surface area contributed by atoms with Gasteiger partial charge in [-0.05, 0) is 42.5 Å². The van der Waals surface area contributed by atoms with Crippen molar-refractivity contribution >= 4 is 28.9 Å². The number of halogens is 2. The molecule has 0 aliphatic rings. The molecular formula is C18H14ClFN4O. The van der Waals surface area contributed by atoms with E-state index in [9.17, 15) is 9.18 Å². The highest BCUT2D eigenvalue weighted by molar-refractivity contribution is 6.31. The number of rotatable bonds is 5. The Balaban J connectivity index is 1.61. The van der Waals surface area contributed by atoms with E-state index in [-0.39, 0.29) is 10.9 Å². The van der Waals surface area contributed by atoms with Crippen LogP contribution in [0, 0.1) is 5.82 Å². The zero-order chi connectivity index (χ0) is 17.6. The van der Waals surface area contributed by atoms with Crippen molar-refractivity contribution < 1.29 is 9.18 Å². The topological polar surface area (TPSA) is 66.9 Å². The highest BCUT2D eigenvalue weighted by Gasteiger charge is 2.08. The standard InChI is InChI=1S/C18H14ClFN4O/c19-15-9-12(4-6-16(15)20)24-14-5-7-17(22-11-14)18(25)23-10-13-3-1-2-8-21-13/h1-9,11,24H,10H2,(H,23,25). The highest BCUT2D eigenvalue weighted by Crippen LogP contribution is 2.22. The van der Waals surface area contributed by atoms with E-state index in [4.69, 9.17) is 11.6 Å². The van der Waals surface area contributed by atoms with Gasteiger partial charge in [0.05, 0.1) is 29.1 Å². The van der Waals surface area contributed by atoms with E-state index >= 15 is 0 Å². The molecule has 1 amide bonds. The van der Waals surface area contributed by atoms with Gasteiger partial charge in [0.2, 0.25) is 0 Å². The Labute approximate surface area is 148 Å². The quantitative estimate of drug-likeness (QED) is 0.726. The second-order valence-electron chi connectivity index (χ2n) is 5.19. The van der Waals surface area contributed by atoms with Gasteiger partial charge in [-0.2, -0.15) is 0 Å². The van der Waals surface area contributed by atoms with Gasteiger partial charge in [-0.25, -0.2) is 9.37 Å². The Morgan fingerprint density at radius 2 is 1.92 bits per heavy atom. The number of carbonyl (C=O) groups excluding carboxylic acids is 1. The zero-order valence-electron chi connectivity index (χ0n) is 13.0. The van der Waals surface area contributed by atoms with Crippen molar-refractivity contribution in [2.75, 3.05) is 5.32 Å². The van der Waals surface area contributed by atoms with Crippen LogP contribution < -0.4 is 10.6 Å². The van der Waals surface area contributed by atoms with Gasteiger partial charge in [0.1, 0.15) is 11.5 Å². The molecule has 1 aromatic carbocycles. The average molecular weight is 357 g/mol. The molecule has 2 heterocycles. The number of aromatic nitrogens is 2. The first-order valence-electron chi connectivity index (χ1n) is 7.48. The number of anilines is 2. The van der Waals surface area contributed by atoms with Crippen molar-refractivity contribution in [2.24, 2.45) is 0 Å². The molecule has 2 N–H and O–H groups in total. The number of nitrogens with one attached hydrogen (secondary N) is 2. The van der Waals surface area contributed by atoms with Gasteiger partial charge in [0.15, 0.2) is 0 Å². The van der Waals surface area contributed by atoms with Crippen molar-refractivity contribution in [3.63, 3.8) is 0 Å². The summed E-state index contributed by atoms with van der Waals surface area (Å²) in [7, 11) is 0. The summed E-state index contributed by atoms with van der Waals surface area (Å²) in [6, 6.07) is 13.1. The molecule has 0 radical (unpaired) electrons. The Morgan fingerprint density at radius 1 is 1.08 bits per heavy atom. The van der Waals surface area contributed by atoms with Crippen LogP contribution in [-0.2, 0) is 6.54 Å². The molecule has 3 aromatic rings. The third kappa shape index (κ3) is 4.51. The number of benzene rings is 1. The molecule has 25 heavy (non-hydrogen) atoms. The van der Waals surface area contributed by atoms with Crippen molar-refractivity contribution in [3.8, 4) is 0 Å². The molecule has 0 saturated heterocycles. The molecule has 0 saturated carbocycles. The van der Waals surface area contributed by atoms with E-state index in [0.717, 1.165) is 5.69 Å². The summed E-state index contributed by atoms with van der Waals surface area (Å²) in [4.78, 5) is 20.3. The molecule has 0 unspecified atom stereocenters. The third-order valence-electron chi connectivity index (χ3n) is 3.36. The molecule has 0 aliphatic heterocycles. The Morgan fingerprint density at radius 3 is 2.60 bits per heavy atom. The second kappa shape index (κ2) is 7.72. The van der Waals surface area contributed by atoms with Gasteiger partial charge in [-0.3, -0.25) is 9.78 Å². The fraction of sp³-hybridized carbons (Fsp3) is 0.0556. The smallest absolute Gasteiger partial charge is 0.270 e. The molecule has 3 rings (SSSR count). The minimum absolute atomic E-state index is 0.0310. The Bertz CT molecular complexity index is 872. The third-order valence-corrected chi connectivity index (χ3v) is 3.65. The molecule has 0 spiro atoms. The first kappa shape index (κ1) is 16.9. The Hall–Kier alpha value is -2.99. The number of nitrogens with zero attached hydrogens (tertiary/aromatic N) is 2. The van der Waals surface area contributed by atoms with Crippen LogP contribution in [0.25, 0.3) is 0 Å². The number of amides is 1. The number of hydrogen-bond acceptors (Lipinski definition) is 4. The van der Waals surface area contributed by atoms with E-state index in [1.165, 1.54) is 18.3 Å². The van der Waals surface area contributed by atoms with Gasteiger partial charge in [-0.1, -0.05) is 17.7 Å². The average Bonchev–Trinajstić information content (AvgIpc) is 2.64. The lowest BCUT2D eigenvalue weighted by Gasteiger charge is -2.08. The van der Waals surface area contributed by atoms with Crippen molar-refractivity contribution in [2.45, 2.75) is 6.54 Å². The lowest BCUT2D eigenvalue weighted by Crippen LogP contribution is -2.24. The van der Waals surface area contributed by atoms with Crippen LogP contribution in [-0.4, -0.2) is 15.9 Å². The first-order valence-corrected chi connectivity index (χ1v) is 7.86. The lowest BCUT2D eigenvalue weighted by atomic mass is 10.2. The largest absolute Gasteiger partial charge is 0.354 e. The van der Waals surface area contributed by atoms with Gasteiger partial charge in [0.25, 0.3) is 5.91 Å². The van der Waals surface area contributed by atoms with Gasteiger partial charge < -0.3 is 10.6 Å². The monoisotopic (exact) mass is 356 g/mol. The molecule has 0 bridgehead atoms. The summed E-state index contributed by atoms with van der Waals surface area (Å²) in [5.41, 5.74) is 2.34. The molecule has 7 heteroatoms. The second-order valence-corrected chi connectivity index (χ2v) is 5.60. The van der Waals surface area contributed by atoms with Crippen LogP contribution in [0.15, 0.2) is 60.9 Å². The van der Waals surface area contributed by atoms with E-state index in [1.807, 2.05) is 18.2 Å². The van der Waals surface area contributed by atoms with Crippen LogP contribution >= 0.6 is 11.6 Å². The maximum atomic E-state index is 13.2. The Kier molecular flexibility index (Phi) is 5.20.